The lowest BCUT2D eigenvalue weighted by Gasteiger charge is -2.23. The molecule has 136 valence electrons. The van der Waals surface area contributed by atoms with Gasteiger partial charge in [0, 0.05) is 18.3 Å². The van der Waals surface area contributed by atoms with Gasteiger partial charge in [-0.25, -0.2) is 0 Å². The molecule has 1 aliphatic heterocycles. The summed E-state index contributed by atoms with van der Waals surface area (Å²) in [5.41, 5.74) is 10.8. The van der Waals surface area contributed by atoms with Crippen LogP contribution in [0.15, 0.2) is 42.6 Å². The van der Waals surface area contributed by atoms with Crippen LogP contribution in [0.2, 0.25) is 0 Å². The number of benzene rings is 1. The summed E-state index contributed by atoms with van der Waals surface area (Å²) in [7, 11) is 0. The van der Waals surface area contributed by atoms with Crippen LogP contribution >= 0.6 is 0 Å². The second kappa shape index (κ2) is 7.38. The molecule has 1 unspecified atom stereocenters. The largest absolute Gasteiger partial charge is 0.377 e. The number of pyridine rings is 1. The maximum absolute atomic E-state index is 6.68. The first-order valence-electron chi connectivity index (χ1n) is 9.02. The summed E-state index contributed by atoms with van der Waals surface area (Å²) < 4.78 is 5.43. The SMILES string of the molecule is Cc1cc(C(C)(C)C(=[NH2+])c2ccccc2C(N)=[NH+]C2CCOC2)ccn1. The van der Waals surface area contributed by atoms with Gasteiger partial charge in [-0.15, -0.1) is 0 Å². The normalized spacial score (nSPS) is 18.1. The summed E-state index contributed by atoms with van der Waals surface area (Å²) in [5, 5.41) is 6.68. The van der Waals surface area contributed by atoms with Crippen LogP contribution in [0.3, 0.4) is 0 Å². The predicted molar refractivity (Wildman–Crippen MR) is 103 cm³/mol. The number of nitrogens with one attached hydrogen (secondary N) is 1. The quantitative estimate of drug-likeness (QED) is 0.500. The van der Waals surface area contributed by atoms with E-state index in [1.54, 1.807) is 0 Å². The predicted octanol–water partition coefficient (Wildman–Crippen LogP) is -0.509. The van der Waals surface area contributed by atoms with E-state index in [2.05, 4.69) is 29.9 Å². The molecule has 1 fully saturated rings. The molecule has 0 aliphatic carbocycles. The molecule has 5 heteroatoms. The molecule has 1 aromatic heterocycles. The number of nitrogens with zero attached hydrogens (tertiary/aromatic N) is 1. The Morgan fingerprint density at radius 3 is 2.65 bits per heavy atom. The highest BCUT2D eigenvalue weighted by Crippen LogP contribution is 2.27. The number of ether oxygens (including phenoxy) is 1. The smallest absolute Gasteiger partial charge is 0.273 e. The van der Waals surface area contributed by atoms with Gasteiger partial charge in [-0.1, -0.05) is 12.1 Å². The molecule has 0 saturated carbocycles. The molecule has 1 saturated heterocycles. The summed E-state index contributed by atoms with van der Waals surface area (Å²) in [6.45, 7) is 7.70. The van der Waals surface area contributed by atoms with Gasteiger partial charge in [0.2, 0.25) is 0 Å². The molecule has 26 heavy (non-hydrogen) atoms. The lowest BCUT2D eigenvalue weighted by Crippen LogP contribution is -2.82. The molecule has 0 spiro atoms. The van der Waals surface area contributed by atoms with Crippen molar-refractivity contribution in [3.63, 3.8) is 0 Å². The minimum absolute atomic E-state index is 0.250. The van der Waals surface area contributed by atoms with E-state index in [1.807, 2.05) is 43.5 Å². The highest BCUT2D eigenvalue weighted by atomic mass is 16.5. The molecule has 0 radical (unpaired) electrons. The van der Waals surface area contributed by atoms with Crippen molar-refractivity contribution in [3.05, 3.63) is 65.0 Å². The van der Waals surface area contributed by atoms with Gasteiger partial charge in [-0.05, 0) is 50.6 Å². The van der Waals surface area contributed by atoms with Crippen molar-refractivity contribution in [1.29, 1.82) is 0 Å². The van der Waals surface area contributed by atoms with Crippen LogP contribution in [0.1, 0.15) is 42.7 Å². The van der Waals surface area contributed by atoms with Crippen molar-refractivity contribution >= 4 is 11.5 Å². The van der Waals surface area contributed by atoms with Crippen molar-refractivity contribution in [2.75, 3.05) is 13.2 Å². The molecule has 1 atom stereocenters. The second-order valence-corrected chi connectivity index (χ2v) is 7.39. The van der Waals surface area contributed by atoms with Crippen LogP contribution in [0.5, 0.6) is 0 Å². The molecule has 1 aliphatic rings. The summed E-state index contributed by atoms with van der Waals surface area (Å²) in [6, 6.07) is 12.4. The number of rotatable bonds is 5. The van der Waals surface area contributed by atoms with Crippen LogP contribution in [0, 0.1) is 6.92 Å². The van der Waals surface area contributed by atoms with Crippen LogP contribution in [-0.2, 0) is 10.2 Å². The number of nitrogen functional groups attached to an aromatic ring is 1. The fourth-order valence-electron chi connectivity index (χ4n) is 3.33. The minimum atomic E-state index is -0.347. The molecule has 0 bridgehead atoms. The Kier molecular flexibility index (Phi) is 5.18. The van der Waals surface area contributed by atoms with Gasteiger partial charge in [0.25, 0.3) is 5.84 Å². The van der Waals surface area contributed by atoms with E-state index in [1.165, 1.54) is 0 Å². The number of hydrogen-bond acceptors (Lipinski definition) is 2. The number of aromatic nitrogens is 1. The van der Waals surface area contributed by atoms with Gasteiger partial charge < -0.3 is 4.74 Å². The van der Waals surface area contributed by atoms with Crippen molar-refractivity contribution in [2.45, 2.75) is 38.6 Å². The Balaban J connectivity index is 1.97. The third-order valence-corrected chi connectivity index (χ3v) is 5.09. The Morgan fingerprint density at radius 1 is 1.27 bits per heavy atom. The van der Waals surface area contributed by atoms with E-state index >= 15 is 0 Å². The zero-order chi connectivity index (χ0) is 18.7. The van der Waals surface area contributed by atoms with Gasteiger partial charge in [0.1, 0.15) is 6.04 Å². The molecule has 2 aromatic rings. The molecular formula is C21H28N4O+2. The summed E-state index contributed by atoms with van der Waals surface area (Å²) in [4.78, 5) is 7.67. The maximum Gasteiger partial charge on any atom is 0.273 e. The van der Waals surface area contributed by atoms with E-state index < -0.39 is 0 Å². The second-order valence-electron chi connectivity index (χ2n) is 7.39. The third-order valence-electron chi connectivity index (χ3n) is 5.09. The summed E-state index contributed by atoms with van der Waals surface area (Å²) in [6.07, 6.45) is 2.79. The summed E-state index contributed by atoms with van der Waals surface area (Å²) in [5.74, 6) is 0.640. The number of amidine groups is 1. The Hall–Kier alpha value is -2.53. The zero-order valence-corrected chi connectivity index (χ0v) is 15.8. The van der Waals surface area contributed by atoms with Crippen LogP contribution < -0.4 is 16.1 Å². The average Bonchev–Trinajstić information content (AvgIpc) is 3.14. The van der Waals surface area contributed by atoms with Crippen LogP contribution in [0.25, 0.3) is 0 Å². The maximum atomic E-state index is 6.68. The van der Waals surface area contributed by atoms with Crippen molar-refractivity contribution < 1.29 is 15.1 Å². The van der Waals surface area contributed by atoms with Gasteiger partial charge in [-0.3, -0.25) is 21.1 Å². The highest BCUT2D eigenvalue weighted by molar-refractivity contribution is 6.11. The third kappa shape index (κ3) is 3.68. The molecule has 0 amide bonds. The number of hydrogen-bond donors (Lipinski definition) is 3. The highest BCUT2D eigenvalue weighted by Gasteiger charge is 2.34. The van der Waals surface area contributed by atoms with E-state index in [4.69, 9.17) is 15.9 Å². The molecule has 5 N–H and O–H groups in total. The van der Waals surface area contributed by atoms with E-state index in [0.29, 0.717) is 12.4 Å². The fourth-order valence-corrected chi connectivity index (χ4v) is 3.33. The Labute approximate surface area is 154 Å². The van der Waals surface area contributed by atoms with Crippen molar-refractivity contribution in [2.24, 2.45) is 5.73 Å². The number of aryl methyl sites for hydroxylation is 1. The van der Waals surface area contributed by atoms with Crippen LogP contribution in [0.4, 0.5) is 0 Å². The van der Waals surface area contributed by atoms with Gasteiger partial charge in [0.05, 0.1) is 29.8 Å². The first kappa shape index (κ1) is 18.3. The molecule has 1 aromatic carbocycles. The standard InChI is InChI=1S/C21H26N4O/c1-14-12-15(8-10-24-14)21(2,3)19(22)17-6-4-5-7-18(17)20(23)25-16-9-11-26-13-16/h4-8,10,12,16,22H,9,11,13H2,1-3H3,(H2,23,25)/p+2. The van der Waals surface area contributed by atoms with Gasteiger partial charge in [0.15, 0.2) is 5.71 Å². The topological polar surface area (TPSA) is 87.7 Å². The van der Waals surface area contributed by atoms with Crippen molar-refractivity contribution in [3.8, 4) is 0 Å². The average molecular weight is 352 g/mol. The first-order valence-corrected chi connectivity index (χ1v) is 9.02. The van der Waals surface area contributed by atoms with E-state index in [9.17, 15) is 0 Å². The number of nitrogens with two attached hydrogens (primary N) is 2. The Morgan fingerprint density at radius 2 is 2.00 bits per heavy atom. The monoisotopic (exact) mass is 352 g/mol. The molecule has 3 rings (SSSR count). The fraction of sp³-hybridized carbons (Fsp3) is 0.381. The van der Waals surface area contributed by atoms with E-state index in [0.717, 1.165) is 41.1 Å². The van der Waals surface area contributed by atoms with Crippen molar-refractivity contribution in [1.82, 2.24) is 4.98 Å². The lowest BCUT2D eigenvalue weighted by atomic mass is 9.76. The van der Waals surface area contributed by atoms with Gasteiger partial charge in [-0.2, -0.15) is 0 Å². The lowest BCUT2D eigenvalue weighted by molar-refractivity contribution is -0.500. The zero-order valence-electron chi connectivity index (χ0n) is 15.8. The summed E-state index contributed by atoms with van der Waals surface area (Å²) >= 11 is 0. The Bertz CT molecular complexity index is 835. The van der Waals surface area contributed by atoms with Crippen LogP contribution in [-0.4, -0.2) is 35.8 Å². The van der Waals surface area contributed by atoms with E-state index in [-0.39, 0.29) is 11.5 Å². The molecular weight excluding hydrogens is 324 g/mol. The molecule has 5 nitrogen and oxygen atoms in total. The van der Waals surface area contributed by atoms with Gasteiger partial charge >= 0.3 is 0 Å². The minimum Gasteiger partial charge on any atom is -0.377 e. The molecule has 2 heterocycles. The first-order chi connectivity index (χ1) is 12.4.